The maximum Gasteiger partial charge on any atom is 0.0541 e. The Labute approximate surface area is 261 Å². The lowest BCUT2D eigenvalue weighted by Crippen LogP contribution is -1.94. The van der Waals surface area contributed by atoms with Gasteiger partial charge in [0.15, 0.2) is 0 Å². The lowest BCUT2D eigenvalue weighted by molar-refractivity contribution is 1.18. The van der Waals surface area contributed by atoms with Gasteiger partial charge in [0.05, 0.1) is 11.0 Å². The molecule has 0 atom stereocenters. The van der Waals surface area contributed by atoms with Gasteiger partial charge in [0.2, 0.25) is 0 Å². The van der Waals surface area contributed by atoms with Crippen molar-refractivity contribution in [1.29, 1.82) is 0 Å². The highest BCUT2D eigenvalue weighted by Crippen LogP contribution is 2.44. The number of para-hydroxylation sites is 1. The van der Waals surface area contributed by atoms with Crippen LogP contribution in [-0.2, 0) is 0 Å². The van der Waals surface area contributed by atoms with E-state index in [1.807, 2.05) is 18.5 Å². The molecule has 0 aliphatic heterocycles. The minimum Gasteiger partial charge on any atom is -0.309 e. The topological polar surface area (TPSA) is 17.8 Å². The average molecular weight is 573 g/mol. The van der Waals surface area contributed by atoms with E-state index >= 15 is 0 Å². The van der Waals surface area contributed by atoms with Crippen LogP contribution in [0.3, 0.4) is 0 Å². The first kappa shape index (κ1) is 25.5. The van der Waals surface area contributed by atoms with E-state index in [0.29, 0.717) is 0 Å². The van der Waals surface area contributed by atoms with Crippen LogP contribution in [0, 0.1) is 0 Å². The summed E-state index contributed by atoms with van der Waals surface area (Å²) in [5.41, 5.74) is 10.9. The van der Waals surface area contributed by atoms with E-state index < -0.39 is 0 Å². The first-order valence-electron chi connectivity index (χ1n) is 15.4. The summed E-state index contributed by atoms with van der Waals surface area (Å²) in [6.07, 6.45) is 3.81. The number of benzene rings is 7. The third-order valence-electron chi connectivity index (χ3n) is 9.08. The molecule has 9 rings (SSSR count). The zero-order valence-electron chi connectivity index (χ0n) is 24.6. The molecule has 0 saturated carbocycles. The highest BCUT2D eigenvalue weighted by Gasteiger charge is 2.18. The van der Waals surface area contributed by atoms with Crippen molar-refractivity contribution < 1.29 is 0 Å². The predicted octanol–water partition coefficient (Wildman–Crippen LogP) is 11.5. The van der Waals surface area contributed by atoms with Gasteiger partial charge in [0.1, 0.15) is 0 Å². The molecule has 9 aromatic rings. The zero-order chi connectivity index (χ0) is 29.7. The quantitative estimate of drug-likeness (QED) is 0.192. The normalized spacial score (nSPS) is 11.6. The molecule has 2 heteroatoms. The van der Waals surface area contributed by atoms with E-state index in [4.69, 9.17) is 0 Å². The molecule has 0 bridgehead atoms. The lowest BCUT2D eigenvalue weighted by atomic mass is 9.86. The molecule has 0 aliphatic rings. The molecule has 2 heterocycles. The fourth-order valence-corrected chi connectivity index (χ4v) is 7.10. The molecule has 2 aromatic heterocycles. The second-order valence-corrected chi connectivity index (χ2v) is 11.6. The van der Waals surface area contributed by atoms with Gasteiger partial charge >= 0.3 is 0 Å². The Kier molecular flexibility index (Phi) is 5.85. The number of pyridine rings is 1. The van der Waals surface area contributed by atoms with Gasteiger partial charge in [-0.2, -0.15) is 0 Å². The molecule has 210 valence electrons. The molecule has 2 nitrogen and oxygen atoms in total. The number of nitrogens with zero attached hydrogens (tertiary/aromatic N) is 2. The number of hydrogen-bond acceptors (Lipinski definition) is 1. The summed E-state index contributed by atoms with van der Waals surface area (Å²) in [5.74, 6) is 0. The van der Waals surface area contributed by atoms with E-state index in [-0.39, 0.29) is 0 Å². The summed E-state index contributed by atoms with van der Waals surface area (Å²) in [4.78, 5) is 4.46. The Balaban J connectivity index is 1.29. The van der Waals surface area contributed by atoms with Crippen LogP contribution in [0.25, 0.3) is 82.4 Å². The molecule has 0 unspecified atom stereocenters. The standard InChI is InChI=1S/C43H28N2/c1-2-11-29(12-3-1)30-20-23-33(24-21-30)45-40-19-9-8-14-34(40)39-27-31(22-25-41(39)45)42-35-15-4-6-17-37(35)43(32-13-10-26-44-28-32)38-18-7-5-16-36(38)42/h1-28H. The Morgan fingerprint density at radius 1 is 0.356 bits per heavy atom. The predicted molar refractivity (Wildman–Crippen MR) is 190 cm³/mol. The van der Waals surface area contributed by atoms with Crippen LogP contribution < -0.4 is 0 Å². The minimum atomic E-state index is 1.13. The van der Waals surface area contributed by atoms with Crippen molar-refractivity contribution in [1.82, 2.24) is 9.55 Å². The summed E-state index contributed by atoms with van der Waals surface area (Å²) < 4.78 is 2.39. The van der Waals surface area contributed by atoms with Crippen molar-refractivity contribution in [3.05, 3.63) is 170 Å². The Morgan fingerprint density at radius 2 is 0.867 bits per heavy atom. The molecular weight excluding hydrogens is 544 g/mol. The van der Waals surface area contributed by atoms with Crippen LogP contribution in [0.4, 0.5) is 0 Å². The smallest absolute Gasteiger partial charge is 0.0541 e. The van der Waals surface area contributed by atoms with Crippen LogP contribution in [0.15, 0.2) is 170 Å². The number of hydrogen-bond donors (Lipinski definition) is 0. The number of fused-ring (bicyclic) bond motifs is 5. The molecule has 7 aromatic carbocycles. The zero-order valence-corrected chi connectivity index (χ0v) is 24.6. The van der Waals surface area contributed by atoms with Crippen molar-refractivity contribution in [2.75, 3.05) is 0 Å². The molecule has 0 fully saturated rings. The van der Waals surface area contributed by atoms with Gasteiger partial charge in [0, 0.05) is 34.4 Å². The molecule has 0 N–H and O–H groups in total. The van der Waals surface area contributed by atoms with Gasteiger partial charge in [-0.05, 0) is 85.8 Å². The highest BCUT2D eigenvalue weighted by molar-refractivity contribution is 6.22. The number of aromatic nitrogens is 2. The van der Waals surface area contributed by atoms with E-state index in [1.165, 1.54) is 71.2 Å². The maximum absolute atomic E-state index is 4.46. The molecule has 0 saturated heterocycles. The molecule has 0 aliphatic carbocycles. The maximum atomic E-state index is 4.46. The van der Waals surface area contributed by atoms with Gasteiger partial charge in [-0.1, -0.05) is 121 Å². The third-order valence-corrected chi connectivity index (χ3v) is 9.08. The van der Waals surface area contributed by atoms with Gasteiger partial charge in [-0.25, -0.2) is 0 Å². The van der Waals surface area contributed by atoms with Gasteiger partial charge in [-0.15, -0.1) is 0 Å². The van der Waals surface area contributed by atoms with E-state index in [1.54, 1.807) is 0 Å². The fourth-order valence-electron chi connectivity index (χ4n) is 7.10. The minimum absolute atomic E-state index is 1.13. The summed E-state index contributed by atoms with van der Waals surface area (Å²) in [6.45, 7) is 0. The molecule has 0 radical (unpaired) electrons. The molecule has 45 heavy (non-hydrogen) atoms. The van der Waals surface area contributed by atoms with Crippen molar-refractivity contribution >= 4 is 43.4 Å². The van der Waals surface area contributed by atoms with Crippen LogP contribution in [0.5, 0.6) is 0 Å². The molecule has 0 spiro atoms. The highest BCUT2D eigenvalue weighted by atomic mass is 15.0. The van der Waals surface area contributed by atoms with Crippen LogP contribution in [0.1, 0.15) is 0 Å². The van der Waals surface area contributed by atoms with Gasteiger partial charge in [-0.3, -0.25) is 4.98 Å². The second-order valence-electron chi connectivity index (χ2n) is 11.6. The Bertz CT molecular complexity index is 2450. The van der Waals surface area contributed by atoms with Crippen LogP contribution >= 0.6 is 0 Å². The van der Waals surface area contributed by atoms with E-state index in [2.05, 4.69) is 161 Å². The second kappa shape index (κ2) is 10.3. The summed E-state index contributed by atoms with van der Waals surface area (Å²) >= 11 is 0. The van der Waals surface area contributed by atoms with Crippen molar-refractivity contribution in [2.24, 2.45) is 0 Å². The van der Waals surface area contributed by atoms with Gasteiger partial charge in [0.25, 0.3) is 0 Å². The van der Waals surface area contributed by atoms with Crippen molar-refractivity contribution in [3.63, 3.8) is 0 Å². The largest absolute Gasteiger partial charge is 0.309 e. The third kappa shape index (κ3) is 4.07. The summed E-state index contributed by atoms with van der Waals surface area (Å²) in [7, 11) is 0. The Morgan fingerprint density at radius 3 is 1.51 bits per heavy atom. The van der Waals surface area contributed by atoms with Crippen molar-refractivity contribution in [3.8, 4) is 39.1 Å². The van der Waals surface area contributed by atoms with E-state index in [0.717, 1.165) is 11.3 Å². The van der Waals surface area contributed by atoms with Gasteiger partial charge < -0.3 is 4.57 Å². The fraction of sp³-hybridized carbons (Fsp3) is 0. The van der Waals surface area contributed by atoms with Crippen LogP contribution in [-0.4, -0.2) is 9.55 Å². The molecular formula is C43H28N2. The monoisotopic (exact) mass is 572 g/mol. The average Bonchev–Trinajstić information content (AvgIpc) is 3.45. The first-order valence-corrected chi connectivity index (χ1v) is 15.4. The van der Waals surface area contributed by atoms with Crippen molar-refractivity contribution in [2.45, 2.75) is 0 Å². The molecule has 0 amide bonds. The van der Waals surface area contributed by atoms with Crippen LogP contribution in [0.2, 0.25) is 0 Å². The summed E-state index contributed by atoms with van der Waals surface area (Å²) in [5, 5.41) is 7.46. The lowest BCUT2D eigenvalue weighted by Gasteiger charge is -2.17. The number of rotatable bonds is 4. The first-order chi connectivity index (χ1) is 22.3. The Hall–Kier alpha value is -5.99. The SMILES string of the molecule is c1ccc(-c2ccc(-n3c4ccccc4c4cc(-c5c6ccccc6c(-c6cccnc6)c6ccccc56)ccc43)cc2)cc1. The summed E-state index contributed by atoms with van der Waals surface area (Å²) in [6, 6.07) is 57.0. The van der Waals surface area contributed by atoms with E-state index in [9.17, 15) is 0 Å².